The topological polar surface area (TPSA) is 299 Å². The van der Waals surface area contributed by atoms with E-state index in [0.717, 1.165) is 64.2 Å². The van der Waals surface area contributed by atoms with Crippen molar-refractivity contribution in [3.8, 4) is 0 Å². The highest BCUT2D eigenvalue weighted by Crippen LogP contribution is 2.72. The lowest BCUT2D eigenvalue weighted by Gasteiger charge is -2.70. The van der Waals surface area contributed by atoms with Crippen LogP contribution < -0.4 is 0 Å². The monoisotopic (exact) mass is 1410 g/mol. The zero-order chi connectivity index (χ0) is 75.9. The summed E-state index contributed by atoms with van der Waals surface area (Å²) in [6.45, 7) is 36.2. The number of cyclic esters (lactones) is 1. The Bertz CT molecular complexity index is 2740. The van der Waals surface area contributed by atoms with Crippen molar-refractivity contribution in [2.45, 2.75) is 332 Å². The van der Waals surface area contributed by atoms with E-state index >= 15 is 0 Å². The Hall–Kier alpha value is -5.11. The molecule has 0 aromatic heterocycles. The summed E-state index contributed by atoms with van der Waals surface area (Å²) in [5.41, 5.74) is -12.1. The first-order chi connectivity index (χ1) is 44.2. The maximum absolute atomic E-state index is 12.9. The zero-order valence-electron chi connectivity index (χ0n) is 61.8. The van der Waals surface area contributed by atoms with E-state index in [-0.39, 0.29) is 65.2 Å². The van der Waals surface area contributed by atoms with Crippen molar-refractivity contribution < 1.29 is 123 Å². The number of hydrogen-bond donors (Lipinski definition) is 4. The molecule has 3 atom stereocenters. The predicted molar refractivity (Wildman–Crippen MR) is 347 cm³/mol. The Kier molecular flexibility index (Phi) is 28.5. The molecule has 0 spiro atoms. The lowest BCUT2D eigenvalue weighted by Crippen LogP contribution is -2.70. The largest absolute Gasteiger partial charge is 0.481 e. The number of carbonyl (C=O) groups is 9. The molecule has 0 aromatic rings. The van der Waals surface area contributed by atoms with Gasteiger partial charge >= 0.3 is 65.7 Å². The number of rotatable bonds is 24. The van der Waals surface area contributed by atoms with E-state index in [1.807, 2.05) is 96.9 Å². The van der Waals surface area contributed by atoms with Gasteiger partial charge in [0.05, 0.1) is 39.5 Å². The summed E-state index contributed by atoms with van der Waals surface area (Å²) in [5, 5.41) is 39.8. The van der Waals surface area contributed by atoms with E-state index < -0.39 is 116 Å². The minimum Gasteiger partial charge on any atom is -0.481 e. The molecular weight excluding hydrogens is 1300 g/mol. The molecule has 6 aliphatic carbocycles. The van der Waals surface area contributed by atoms with Crippen molar-refractivity contribution in [3.63, 3.8) is 0 Å². The average molecular weight is 1420 g/mol. The van der Waals surface area contributed by atoms with E-state index in [2.05, 4.69) is 4.74 Å². The number of carbonyl (C=O) groups excluding carboxylic acids is 8. The number of carboxylic acids is 1. The van der Waals surface area contributed by atoms with Gasteiger partial charge in [-0.25, -0.2) is 9.59 Å². The van der Waals surface area contributed by atoms with E-state index in [1.165, 1.54) is 0 Å². The Morgan fingerprint density at radius 3 is 1.26 bits per heavy atom. The summed E-state index contributed by atoms with van der Waals surface area (Å²) in [6.07, 6.45) is -1.13. The number of ketones is 1. The van der Waals surface area contributed by atoms with Crippen LogP contribution in [0.1, 0.15) is 273 Å². The highest BCUT2D eigenvalue weighted by Gasteiger charge is 2.77. The number of hydrogen-bond acceptors (Lipinski definition) is 19. The molecule has 3 unspecified atom stereocenters. The van der Waals surface area contributed by atoms with Gasteiger partial charge in [0.1, 0.15) is 36.4 Å². The van der Waals surface area contributed by atoms with Gasteiger partial charge in [-0.2, -0.15) is 26.3 Å². The standard InChI is InChI=1S/C22H32F6O6.C22H38O4.C18H30O6.C10H16O4/c1-6-18(2,3)16(30)34-15-9-7-13(8-10-15)19(4,5)11-14(29)12-33-17(31)20(32,21(23,24)25)22(26,27)28;1-8-17(2,3)16(23)26-22-11-15-9-20(13-22,18(4,5)24)12-21(10-15,14-22)19(6,7)25;1-6-17(2,3)16(22)23-13-9-7-12(8-10-13)18(4,5)24-15(21)11-14(19)20;1-4-10(2,3)9(12)14-7-5-6-13-8(7)11/h13,15,32H,6-12H2,1-5H3;15,24-25H,8-14H2,1-7H3;12-13H,6-11H2,1-5H3,(H,19,20);7H,4-6H2,1-3H3. The molecule has 98 heavy (non-hydrogen) atoms. The minimum atomic E-state index is -6.38. The van der Waals surface area contributed by atoms with Gasteiger partial charge in [0.2, 0.25) is 6.10 Å². The summed E-state index contributed by atoms with van der Waals surface area (Å²) in [7, 11) is 0. The maximum Gasteiger partial charge on any atom is 0.437 e. The molecule has 4 bridgehead atoms. The highest BCUT2D eigenvalue weighted by atomic mass is 19.4. The van der Waals surface area contributed by atoms with Crippen molar-refractivity contribution in [2.75, 3.05) is 13.2 Å². The molecule has 4 N–H and O–H groups in total. The van der Waals surface area contributed by atoms with Crippen LogP contribution in [0, 0.1) is 55.7 Å². The van der Waals surface area contributed by atoms with Crippen LogP contribution in [0.25, 0.3) is 0 Å². The number of halogens is 6. The van der Waals surface area contributed by atoms with E-state index in [9.17, 15) is 79.7 Å². The van der Waals surface area contributed by atoms with Crippen molar-refractivity contribution in [3.05, 3.63) is 0 Å². The Labute approximate surface area is 575 Å². The van der Waals surface area contributed by atoms with Gasteiger partial charge in [0.25, 0.3) is 0 Å². The van der Waals surface area contributed by atoms with E-state index in [4.69, 9.17) is 38.6 Å². The maximum atomic E-state index is 12.9. The summed E-state index contributed by atoms with van der Waals surface area (Å²) < 4.78 is 113. The molecule has 1 saturated heterocycles. The van der Waals surface area contributed by atoms with Crippen LogP contribution >= 0.6 is 0 Å². The van der Waals surface area contributed by atoms with Crippen LogP contribution in [-0.2, 0) is 76.3 Å². The zero-order valence-corrected chi connectivity index (χ0v) is 61.8. The number of esters is 7. The molecule has 7 rings (SSSR count). The van der Waals surface area contributed by atoms with Crippen LogP contribution in [0.2, 0.25) is 0 Å². The number of carboxylic acid groups (broad SMARTS) is 1. The molecule has 566 valence electrons. The minimum absolute atomic E-state index is 0.0384. The van der Waals surface area contributed by atoms with Crippen LogP contribution in [0.5, 0.6) is 0 Å². The van der Waals surface area contributed by atoms with Gasteiger partial charge < -0.3 is 53.6 Å². The van der Waals surface area contributed by atoms with Crippen LogP contribution in [0.3, 0.4) is 0 Å². The molecule has 0 radical (unpaired) electrons. The second kappa shape index (κ2) is 32.1. The molecule has 26 heteroatoms. The molecule has 0 amide bonds. The summed E-state index contributed by atoms with van der Waals surface area (Å²) in [4.78, 5) is 106. The molecule has 1 aliphatic heterocycles. The van der Waals surface area contributed by atoms with Gasteiger partial charge in [-0.05, 0) is 236 Å². The fourth-order valence-electron chi connectivity index (χ4n) is 14.0. The van der Waals surface area contributed by atoms with Gasteiger partial charge in [-0.15, -0.1) is 0 Å². The molecule has 20 nitrogen and oxygen atoms in total. The second-order valence-corrected chi connectivity index (χ2v) is 33.5. The predicted octanol–water partition coefficient (Wildman–Crippen LogP) is 13.7. The number of Topliss-reactive ketones (excluding diaryl/α,β-unsaturated/α-hetero) is 1. The van der Waals surface area contributed by atoms with Gasteiger partial charge in [-0.1, -0.05) is 41.5 Å². The van der Waals surface area contributed by atoms with Gasteiger partial charge in [0, 0.05) is 23.7 Å². The first-order valence-electron chi connectivity index (χ1n) is 34.7. The number of ether oxygens (including phenoxy) is 7. The number of aliphatic carboxylic acids is 1. The van der Waals surface area contributed by atoms with Gasteiger partial charge in [-0.3, -0.25) is 33.6 Å². The normalized spacial score (nSPS) is 26.2. The van der Waals surface area contributed by atoms with Crippen LogP contribution in [-0.4, -0.2) is 146 Å². The van der Waals surface area contributed by atoms with E-state index in [0.29, 0.717) is 70.3 Å². The molecule has 6 saturated carbocycles. The second-order valence-electron chi connectivity index (χ2n) is 33.5. The van der Waals surface area contributed by atoms with E-state index in [1.54, 1.807) is 41.5 Å². The first-order valence-corrected chi connectivity index (χ1v) is 34.7. The fraction of sp³-hybridized carbons (Fsp3) is 0.875. The highest BCUT2D eigenvalue weighted by molar-refractivity contribution is 5.90. The third-order valence-corrected chi connectivity index (χ3v) is 22.6. The summed E-state index contributed by atoms with van der Waals surface area (Å²) in [6, 6.07) is 0. The van der Waals surface area contributed by atoms with Crippen molar-refractivity contribution in [1.82, 2.24) is 0 Å². The van der Waals surface area contributed by atoms with Crippen molar-refractivity contribution in [1.29, 1.82) is 0 Å². The third kappa shape index (κ3) is 21.7. The quantitative estimate of drug-likeness (QED) is 0.0302. The fourth-order valence-corrected chi connectivity index (χ4v) is 14.0. The van der Waals surface area contributed by atoms with Crippen LogP contribution in [0.15, 0.2) is 0 Å². The first kappa shape index (κ1) is 87.1. The molecule has 7 fully saturated rings. The molecule has 1 heterocycles. The summed E-state index contributed by atoms with van der Waals surface area (Å²) in [5.74, 6) is -6.68. The lowest BCUT2D eigenvalue weighted by molar-refractivity contribution is -0.356. The Morgan fingerprint density at radius 1 is 0.510 bits per heavy atom. The average Bonchev–Trinajstić information content (AvgIpc) is 0.699. The molecule has 0 aromatic carbocycles. The molecule has 7 aliphatic rings. The Morgan fingerprint density at radius 2 is 0.898 bits per heavy atom. The van der Waals surface area contributed by atoms with Crippen molar-refractivity contribution >= 4 is 53.5 Å². The summed E-state index contributed by atoms with van der Waals surface area (Å²) >= 11 is 0. The SMILES string of the molecule is CCC(C)(C)C(=O)OC12CC3CC(C(C)(C)O)(C1)CC(C(C)(C)O)(C3)C2.CCC(C)(C)C(=O)OC1CCC(C(C)(C)CC(=O)COC(=O)C(O)(C(F)(F)F)C(F)(F)F)CC1.CCC(C)(C)C(=O)OC1CCC(C(C)(C)OC(=O)CC(=O)O)CC1.CCC(C)(C)C(=O)OC1CCOC1=O. The third-order valence-electron chi connectivity index (χ3n) is 22.6. The van der Waals surface area contributed by atoms with Crippen molar-refractivity contribution in [2.24, 2.45) is 55.7 Å². The lowest BCUT2D eigenvalue weighted by atomic mass is 9.37. The number of aliphatic hydroxyl groups is 3. The smallest absolute Gasteiger partial charge is 0.437 e. The van der Waals surface area contributed by atoms with Crippen LogP contribution in [0.4, 0.5) is 26.3 Å². The molecular formula is C72H116F6O20. The van der Waals surface area contributed by atoms with Gasteiger partial charge in [0.15, 0.2) is 5.78 Å². The number of alkyl halides is 6. The Balaban J connectivity index is 0.000000353.